The second-order valence-corrected chi connectivity index (χ2v) is 10.5. The third-order valence-corrected chi connectivity index (χ3v) is 7.44. The molecule has 3 aromatic rings. The third-order valence-electron chi connectivity index (χ3n) is 7.44. The molecule has 0 spiro atoms. The van der Waals surface area contributed by atoms with Crippen molar-refractivity contribution < 1.29 is 18.0 Å². The minimum absolute atomic E-state index is 0.00257. The van der Waals surface area contributed by atoms with Crippen LogP contribution in [-0.4, -0.2) is 39.2 Å². The Morgan fingerprint density at radius 1 is 1.08 bits per heavy atom. The molecular formula is C30H38F3N5O. The molecule has 210 valence electrons. The van der Waals surface area contributed by atoms with Crippen molar-refractivity contribution in [2.45, 2.75) is 77.4 Å². The Morgan fingerprint density at radius 2 is 1.79 bits per heavy atom. The molecule has 9 heteroatoms. The number of carbonyl (C=O) groups excluding carboxylic acids is 1. The molecule has 0 bridgehead atoms. The van der Waals surface area contributed by atoms with E-state index in [9.17, 15) is 18.0 Å². The highest BCUT2D eigenvalue weighted by Gasteiger charge is 2.32. The first kappa shape index (κ1) is 28.6. The fourth-order valence-corrected chi connectivity index (χ4v) is 5.38. The molecule has 4 rings (SSSR count). The van der Waals surface area contributed by atoms with Crippen LogP contribution in [0.4, 0.5) is 18.9 Å². The third kappa shape index (κ3) is 6.99. The van der Waals surface area contributed by atoms with E-state index in [1.54, 1.807) is 9.58 Å². The minimum Gasteiger partial charge on any atom is -0.378 e. The Kier molecular flexibility index (Phi) is 9.30. The molecular weight excluding hydrogens is 503 g/mol. The number of aromatic nitrogens is 3. The predicted octanol–water partition coefficient (Wildman–Crippen LogP) is 7.45. The standard InChI is InChI=1S/C30H38F3N5O/c1-4-9-26-25(20-38(36-26)27-17-14-23(19-34-27)30(31,32)33)28(21-10-7-6-8-11-21)35-24-15-12-22(13-16-24)29(39)37(3)18-5-2/h12-17,19-21,28,35H,4-11,18H2,1-3H3. The van der Waals surface area contributed by atoms with Crippen LogP contribution < -0.4 is 5.32 Å². The number of amides is 1. The second-order valence-electron chi connectivity index (χ2n) is 10.5. The zero-order chi connectivity index (χ0) is 28.0. The average molecular weight is 542 g/mol. The van der Waals surface area contributed by atoms with Crippen molar-refractivity contribution in [1.29, 1.82) is 0 Å². The van der Waals surface area contributed by atoms with Crippen molar-refractivity contribution in [2.24, 2.45) is 5.92 Å². The largest absolute Gasteiger partial charge is 0.417 e. The average Bonchev–Trinajstić information content (AvgIpc) is 3.35. The fourth-order valence-electron chi connectivity index (χ4n) is 5.38. The highest BCUT2D eigenvalue weighted by atomic mass is 19.4. The number of aryl methyl sites for hydroxylation is 1. The van der Waals surface area contributed by atoms with Crippen molar-refractivity contribution in [2.75, 3.05) is 18.9 Å². The van der Waals surface area contributed by atoms with E-state index < -0.39 is 11.7 Å². The van der Waals surface area contributed by atoms with Crippen molar-refractivity contribution in [3.8, 4) is 5.82 Å². The van der Waals surface area contributed by atoms with E-state index in [0.29, 0.717) is 23.8 Å². The highest BCUT2D eigenvalue weighted by Crippen LogP contribution is 2.38. The molecule has 1 aliphatic carbocycles. The summed E-state index contributed by atoms with van der Waals surface area (Å²) in [4.78, 5) is 18.5. The Bertz CT molecular complexity index is 1210. The van der Waals surface area contributed by atoms with E-state index in [1.807, 2.05) is 44.4 Å². The number of halogens is 3. The zero-order valence-corrected chi connectivity index (χ0v) is 23.0. The molecule has 1 unspecified atom stereocenters. The lowest BCUT2D eigenvalue weighted by Gasteiger charge is -2.32. The Hall–Kier alpha value is -3.36. The summed E-state index contributed by atoms with van der Waals surface area (Å²) in [5.41, 5.74) is 2.77. The number of hydrogen-bond donors (Lipinski definition) is 1. The van der Waals surface area contributed by atoms with Crippen LogP contribution in [0, 0.1) is 5.92 Å². The van der Waals surface area contributed by atoms with Crippen LogP contribution in [0.5, 0.6) is 0 Å². The predicted molar refractivity (Wildman–Crippen MR) is 147 cm³/mol. The van der Waals surface area contributed by atoms with Crippen LogP contribution in [-0.2, 0) is 12.6 Å². The summed E-state index contributed by atoms with van der Waals surface area (Å²) < 4.78 is 40.8. The molecule has 39 heavy (non-hydrogen) atoms. The monoisotopic (exact) mass is 541 g/mol. The van der Waals surface area contributed by atoms with Gasteiger partial charge >= 0.3 is 6.18 Å². The van der Waals surface area contributed by atoms with Gasteiger partial charge in [0.05, 0.1) is 17.3 Å². The fraction of sp³-hybridized carbons (Fsp3) is 0.500. The smallest absolute Gasteiger partial charge is 0.378 e. The van der Waals surface area contributed by atoms with Gasteiger partial charge < -0.3 is 10.2 Å². The van der Waals surface area contributed by atoms with Crippen LogP contribution in [0.3, 0.4) is 0 Å². The first-order valence-corrected chi connectivity index (χ1v) is 13.9. The van der Waals surface area contributed by atoms with Crippen LogP contribution in [0.15, 0.2) is 48.8 Å². The number of nitrogens with zero attached hydrogens (tertiary/aromatic N) is 4. The molecule has 0 radical (unpaired) electrons. The molecule has 1 saturated carbocycles. The van der Waals surface area contributed by atoms with E-state index in [1.165, 1.54) is 12.5 Å². The molecule has 1 atom stereocenters. The van der Waals surface area contributed by atoms with Gasteiger partial charge in [0.2, 0.25) is 0 Å². The van der Waals surface area contributed by atoms with Crippen LogP contribution >= 0.6 is 0 Å². The zero-order valence-electron chi connectivity index (χ0n) is 23.0. The number of rotatable bonds is 10. The molecule has 1 aliphatic rings. The van der Waals surface area contributed by atoms with E-state index >= 15 is 0 Å². The minimum atomic E-state index is -4.43. The SMILES string of the molecule is CCCc1nn(-c2ccc(C(F)(F)F)cn2)cc1C(Nc1ccc(C(=O)N(C)CCC)cc1)C1CCCCC1. The van der Waals surface area contributed by atoms with Gasteiger partial charge in [0.25, 0.3) is 5.91 Å². The molecule has 0 saturated heterocycles. The van der Waals surface area contributed by atoms with Gasteiger partial charge in [-0.25, -0.2) is 9.67 Å². The first-order chi connectivity index (χ1) is 18.7. The number of alkyl halides is 3. The summed E-state index contributed by atoms with van der Waals surface area (Å²) in [5, 5.41) is 8.51. The number of anilines is 1. The normalized spacial score (nSPS) is 15.2. The number of pyridine rings is 1. The van der Waals surface area contributed by atoms with Gasteiger partial charge in [-0.1, -0.05) is 39.5 Å². The lowest BCUT2D eigenvalue weighted by atomic mass is 9.80. The van der Waals surface area contributed by atoms with E-state index in [4.69, 9.17) is 5.10 Å². The van der Waals surface area contributed by atoms with E-state index in [2.05, 4.69) is 17.2 Å². The van der Waals surface area contributed by atoms with Gasteiger partial charge in [-0.05, 0) is 68.0 Å². The summed E-state index contributed by atoms with van der Waals surface area (Å²) in [6, 6.07) is 10.0. The molecule has 2 aromatic heterocycles. The Balaban J connectivity index is 1.65. The Labute approximate surface area is 228 Å². The Morgan fingerprint density at radius 3 is 2.38 bits per heavy atom. The lowest BCUT2D eigenvalue weighted by molar-refractivity contribution is -0.137. The molecule has 1 amide bonds. The lowest BCUT2D eigenvalue weighted by Crippen LogP contribution is -2.27. The molecule has 0 aliphatic heterocycles. The van der Waals surface area contributed by atoms with Crippen molar-refractivity contribution in [3.05, 3.63) is 71.2 Å². The van der Waals surface area contributed by atoms with E-state index in [0.717, 1.165) is 74.2 Å². The summed E-state index contributed by atoms with van der Waals surface area (Å²) in [5.74, 6) is 0.750. The van der Waals surface area contributed by atoms with Gasteiger partial charge in [0, 0.05) is 42.8 Å². The maximum absolute atomic E-state index is 13.1. The second kappa shape index (κ2) is 12.7. The number of carbonyl (C=O) groups is 1. The van der Waals surface area contributed by atoms with Gasteiger partial charge in [0.1, 0.15) is 0 Å². The van der Waals surface area contributed by atoms with Crippen molar-refractivity contribution in [1.82, 2.24) is 19.7 Å². The van der Waals surface area contributed by atoms with Crippen LogP contribution in [0.25, 0.3) is 5.82 Å². The van der Waals surface area contributed by atoms with Gasteiger partial charge in [-0.3, -0.25) is 4.79 Å². The quantitative estimate of drug-likeness (QED) is 0.290. The van der Waals surface area contributed by atoms with Crippen molar-refractivity contribution >= 4 is 11.6 Å². The molecule has 1 N–H and O–H groups in total. The highest BCUT2D eigenvalue weighted by molar-refractivity contribution is 5.94. The van der Waals surface area contributed by atoms with Crippen molar-refractivity contribution in [3.63, 3.8) is 0 Å². The van der Waals surface area contributed by atoms with Crippen LogP contribution in [0.2, 0.25) is 0 Å². The first-order valence-electron chi connectivity index (χ1n) is 13.9. The maximum Gasteiger partial charge on any atom is 0.417 e. The van der Waals surface area contributed by atoms with E-state index in [-0.39, 0.29) is 11.9 Å². The molecule has 1 aromatic carbocycles. The summed E-state index contributed by atoms with van der Waals surface area (Å²) in [7, 11) is 1.82. The molecule has 1 fully saturated rings. The maximum atomic E-state index is 13.1. The summed E-state index contributed by atoms with van der Waals surface area (Å²) in [6.45, 7) is 4.85. The van der Waals surface area contributed by atoms with Gasteiger partial charge in [-0.15, -0.1) is 0 Å². The van der Waals surface area contributed by atoms with Gasteiger partial charge in [0.15, 0.2) is 5.82 Å². The number of hydrogen-bond acceptors (Lipinski definition) is 4. The summed E-state index contributed by atoms with van der Waals surface area (Å²) in [6.07, 6.45) is 6.62. The van der Waals surface area contributed by atoms with Crippen LogP contribution in [0.1, 0.15) is 92.0 Å². The number of nitrogens with one attached hydrogen (secondary N) is 1. The topological polar surface area (TPSA) is 63.1 Å². The number of benzene rings is 1. The van der Waals surface area contributed by atoms with Gasteiger partial charge in [-0.2, -0.15) is 18.3 Å². The molecule has 2 heterocycles. The molecule has 6 nitrogen and oxygen atoms in total. The summed E-state index contributed by atoms with van der Waals surface area (Å²) >= 11 is 0.